The van der Waals surface area contributed by atoms with E-state index in [9.17, 15) is 9.90 Å². The van der Waals surface area contributed by atoms with Crippen molar-refractivity contribution in [3.05, 3.63) is 30.3 Å². The molecule has 20 heavy (non-hydrogen) atoms. The summed E-state index contributed by atoms with van der Waals surface area (Å²) in [4.78, 5) is 11.8. The van der Waals surface area contributed by atoms with E-state index in [-0.39, 0.29) is 12.1 Å². The van der Waals surface area contributed by atoms with Crippen LogP contribution in [0.2, 0.25) is 13.1 Å². The second kappa shape index (κ2) is 6.41. The number of benzene rings is 1. The van der Waals surface area contributed by atoms with Gasteiger partial charge in [-0.15, -0.1) is 0 Å². The van der Waals surface area contributed by atoms with Gasteiger partial charge in [0.1, 0.15) is 8.07 Å². The van der Waals surface area contributed by atoms with Crippen molar-refractivity contribution in [2.24, 2.45) is 5.92 Å². The molecule has 0 spiro atoms. The van der Waals surface area contributed by atoms with E-state index >= 15 is 0 Å². The fraction of sp³-hybridized carbons (Fsp3) is 0.533. The van der Waals surface area contributed by atoms with Crippen LogP contribution in [0.4, 0.5) is 4.79 Å². The maximum Gasteiger partial charge on any atom is 0.314 e. The number of carbonyl (C=O) groups is 1. The normalized spacial score (nSPS) is 16.6. The smallest absolute Gasteiger partial charge is 0.314 e. The second-order valence-electron chi connectivity index (χ2n) is 6.22. The molecule has 1 saturated carbocycles. The maximum absolute atomic E-state index is 11.8. The Kier molecular flexibility index (Phi) is 4.83. The molecule has 110 valence electrons. The van der Waals surface area contributed by atoms with Gasteiger partial charge >= 0.3 is 6.03 Å². The summed E-state index contributed by atoms with van der Waals surface area (Å²) in [6.07, 6.45) is 2.47. The van der Waals surface area contributed by atoms with Crippen LogP contribution in [0.25, 0.3) is 0 Å². The van der Waals surface area contributed by atoms with Crippen LogP contribution in [0.1, 0.15) is 12.8 Å². The molecule has 0 radical (unpaired) electrons. The summed E-state index contributed by atoms with van der Waals surface area (Å²) in [5, 5.41) is 16.7. The van der Waals surface area contributed by atoms with E-state index in [1.807, 2.05) is 18.2 Å². The summed E-state index contributed by atoms with van der Waals surface area (Å²) in [5.41, 5.74) is 0. The topological polar surface area (TPSA) is 61.4 Å². The zero-order valence-corrected chi connectivity index (χ0v) is 13.2. The molecule has 1 atom stereocenters. The Morgan fingerprint density at radius 3 is 2.55 bits per heavy atom. The number of urea groups is 1. The zero-order chi connectivity index (χ0) is 14.6. The summed E-state index contributed by atoms with van der Waals surface area (Å²) in [5.74, 6) is 0.394. The fourth-order valence-electron chi connectivity index (χ4n) is 2.20. The van der Waals surface area contributed by atoms with Gasteiger partial charge in [-0.05, 0) is 18.8 Å². The van der Waals surface area contributed by atoms with E-state index in [0.29, 0.717) is 18.6 Å². The van der Waals surface area contributed by atoms with Crippen molar-refractivity contribution in [2.75, 3.05) is 12.7 Å². The number of hydrogen-bond donors (Lipinski definition) is 3. The molecule has 1 aromatic rings. The van der Waals surface area contributed by atoms with Crippen LogP contribution in [0.5, 0.6) is 0 Å². The van der Waals surface area contributed by atoms with E-state index in [0.717, 1.165) is 12.8 Å². The van der Waals surface area contributed by atoms with Crippen molar-refractivity contribution in [2.45, 2.75) is 32.0 Å². The summed E-state index contributed by atoms with van der Waals surface area (Å²) in [6, 6.07) is 10.2. The van der Waals surface area contributed by atoms with Crippen molar-refractivity contribution in [3.8, 4) is 0 Å². The van der Waals surface area contributed by atoms with Crippen molar-refractivity contribution in [1.82, 2.24) is 10.6 Å². The van der Waals surface area contributed by atoms with E-state index in [2.05, 4.69) is 35.9 Å². The summed E-state index contributed by atoms with van der Waals surface area (Å²) in [6.45, 7) is 4.83. The lowest BCUT2D eigenvalue weighted by molar-refractivity contribution is 0.149. The maximum atomic E-state index is 11.8. The van der Waals surface area contributed by atoms with Crippen molar-refractivity contribution < 1.29 is 9.90 Å². The van der Waals surface area contributed by atoms with Crippen LogP contribution in [0, 0.1) is 5.92 Å². The average Bonchev–Trinajstić information content (AvgIpc) is 3.28. The molecule has 0 bridgehead atoms. The lowest BCUT2D eigenvalue weighted by Crippen LogP contribution is -2.54. The number of hydrogen-bond acceptors (Lipinski definition) is 2. The molecule has 2 rings (SSSR count). The van der Waals surface area contributed by atoms with Gasteiger partial charge in [0.2, 0.25) is 0 Å². The van der Waals surface area contributed by atoms with Crippen LogP contribution in [-0.2, 0) is 0 Å². The Balaban J connectivity index is 1.74. The van der Waals surface area contributed by atoms with Crippen LogP contribution in [0.15, 0.2) is 30.3 Å². The molecule has 1 aromatic carbocycles. The minimum Gasteiger partial charge on any atom is -0.391 e. The third kappa shape index (κ3) is 4.35. The third-order valence-electron chi connectivity index (χ3n) is 3.88. The van der Waals surface area contributed by atoms with Crippen LogP contribution in [-0.4, -0.2) is 38.0 Å². The molecule has 0 aromatic heterocycles. The standard InChI is InChI=1S/C15H24N2O2Si/c1-20(2,13-6-4-3-5-7-13)11-17-15(19)16-10-14(18)12-8-9-12/h3-7,12,14,18H,8-11H2,1-2H3,(H2,16,17,19). The molecule has 0 heterocycles. The molecule has 1 fully saturated rings. The number of aliphatic hydroxyl groups excluding tert-OH is 1. The minimum atomic E-state index is -1.64. The molecule has 0 saturated heterocycles. The highest BCUT2D eigenvalue weighted by Gasteiger charge is 2.30. The Labute approximate surface area is 121 Å². The number of carbonyl (C=O) groups excluding carboxylic acids is 1. The quantitative estimate of drug-likeness (QED) is 0.690. The number of rotatable bonds is 6. The van der Waals surface area contributed by atoms with Crippen molar-refractivity contribution in [3.63, 3.8) is 0 Å². The molecular weight excluding hydrogens is 268 g/mol. The molecule has 0 aliphatic heterocycles. The van der Waals surface area contributed by atoms with Gasteiger partial charge in [0, 0.05) is 12.7 Å². The van der Waals surface area contributed by atoms with Gasteiger partial charge < -0.3 is 15.7 Å². The first kappa shape index (κ1) is 15.1. The number of nitrogens with one attached hydrogen (secondary N) is 2. The Morgan fingerprint density at radius 2 is 1.95 bits per heavy atom. The van der Waals surface area contributed by atoms with E-state index < -0.39 is 8.07 Å². The predicted molar refractivity (Wildman–Crippen MR) is 83.7 cm³/mol. The Morgan fingerprint density at radius 1 is 1.30 bits per heavy atom. The summed E-state index contributed by atoms with van der Waals surface area (Å²) >= 11 is 0. The fourth-order valence-corrected chi connectivity index (χ4v) is 4.10. The number of aliphatic hydroxyl groups is 1. The second-order valence-corrected chi connectivity index (χ2v) is 10.9. The van der Waals surface area contributed by atoms with E-state index in [1.54, 1.807) is 0 Å². The van der Waals surface area contributed by atoms with Crippen molar-refractivity contribution in [1.29, 1.82) is 0 Å². The number of amides is 2. The van der Waals surface area contributed by atoms with Gasteiger partial charge in [0.15, 0.2) is 0 Å². The molecule has 5 heteroatoms. The van der Waals surface area contributed by atoms with E-state index in [1.165, 1.54) is 5.19 Å². The molecule has 3 N–H and O–H groups in total. The molecular formula is C15H24N2O2Si. The first-order chi connectivity index (χ1) is 9.49. The summed E-state index contributed by atoms with van der Waals surface area (Å²) in [7, 11) is -1.64. The first-order valence-electron chi connectivity index (χ1n) is 7.24. The monoisotopic (exact) mass is 292 g/mol. The average molecular weight is 292 g/mol. The molecule has 4 nitrogen and oxygen atoms in total. The molecule has 1 aliphatic rings. The largest absolute Gasteiger partial charge is 0.391 e. The van der Waals surface area contributed by atoms with Gasteiger partial charge in [0.05, 0.1) is 6.10 Å². The van der Waals surface area contributed by atoms with Crippen molar-refractivity contribution >= 4 is 19.3 Å². The lowest BCUT2D eigenvalue weighted by Gasteiger charge is -2.23. The first-order valence-corrected chi connectivity index (χ1v) is 10.4. The van der Waals surface area contributed by atoms with Gasteiger partial charge in [-0.25, -0.2) is 4.79 Å². The predicted octanol–water partition coefficient (Wildman–Crippen LogP) is 1.21. The van der Waals surface area contributed by atoms with E-state index in [4.69, 9.17) is 0 Å². The zero-order valence-electron chi connectivity index (χ0n) is 12.2. The molecule has 2 amide bonds. The van der Waals surface area contributed by atoms with Gasteiger partial charge in [-0.3, -0.25) is 0 Å². The van der Waals surface area contributed by atoms with Crippen LogP contribution < -0.4 is 15.8 Å². The lowest BCUT2D eigenvalue weighted by atomic mass is 10.2. The minimum absolute atomic E-state index is 0.179. The molecule has 1 aliphatic carbocycles. The SMILES string of the molecule is C[Si](C)(CNC(=O)NCC(O)C1CC1)c1ccccc1. The Bertz CT molecular complexity index is 446. The van der Waals surface area contributed by atoms with Gasteiger partial charge in [0.25, 0.3) is 0 Å². The van der Waals surface area contributed by atoms with Gasteiger partial charge in [-0.1, -0.05) is 48.6 Å². The highest BCUT2D eigenvalue weighted by Crippen LogP contribution is 2.32. The van der Waals surface area contributed by atoms with Gasteiger partial charge in [-0.2, -0.15) is 0 Å². The Hall–Kier alpha value is -1.33. The highest BCUT2D eigenvalue weighted by atomic mass is 28.3. The summed E-state index contributed by atoms with van der Waals surface area (Å²) < 4.78 is 0. The van der Waals surface area contributed by atoms with Crippen LogP contribution >= 0.6 is 0 Å². The third-order valence-corrected chi connectivity index (χ3v) is 6.84. The highest BCUT2D eigenvalue weighted by molar-refractivity contribution is 6.90. The van der Waals surface area contributed by atoms with Crippen LogP contribution in [0.3, 0.4) is 0 Å². The molecule has 1 unspecified atom stereocenters.